The van der Waals surface area contributed by atoms with Crippen LogP contribution in [0.15, 0.2) is 24.3 Å². The molecule has 1 aliphatic rings. The minimum Gasteiger partial charge on any atom is -0.390 e. The van der Waals surface area contributed by atoms with E-state index < -0.39 is 5.60 Å². The van der Waals surface area contributed by atoms with Gasteiger partial charge in [-0.1, -0.05) is 36.8 Å². The number of aliphatic hydroxyl groups is 1. The summed E-state index contributed by atoms with van der Waals surface area (Å²) in [5, 5.41) is 10.4. The first-order valence-corrected chi connectivity index (χ1v) is 5.85. The molecule has 0 amide bonds. The van der Waals surface area contributed by atoms with E-state index in [1.54, 1.807) is 0 Å². The van der Waals surface area contributed by atoms with E-state index in [1.165, 1.54) is 17.5 Å². The van der Waals surface area contributed by atoms with E-state index in [1.807, 2.05) is 0 Å². The predicted molar refractivity (Wildman–Crippen MR) is 62.8 cm³/mol. The Kier molecular flexibility index (Phi) is 2.83. The first-order chi connectivity index (χ1) is 7.07. The second-order valence-electron chi connectivity index (χ2n) is 5.24. The molecule has 1 aliphatic carbocycles. The molecule has 82 valence electrons. The van der Waals surface area contributed by atoms with Gasteiger partial charge in [-0.15, -0.1) is 0 Å². The monoisotopic (exact) mass is 204 g/mol. The highest BCUT2D eigenvalue weighted by Crippen LogP contribution is 2.36. The molecule has 0 heterocycles. The van der Waals surface area contributed by atoms with Gasteiger partial charge in [-0.05, 0) is 37.7 Å². The lowest BCUT2D eigenvalue weighted by Crippen LogP contribution is -2.27. The maximum absolute atomic E-state index is 10.4. The number of hydrogen-bond donors (Lipinski definition) is 1. The zero-order valence-corrected chi connectivity index (χ0v) is 9.66. The molecule has 2 rings (SSSR count). The largest absolute Gasteiger partial charge is 0.390 e. The molecule has 1 saturated carbocycles. The fourth-order valence-corrected chi connectivity index (χ4v) is 2.73. The van der Waals surface area contributed by atoms with Gasteiger partial charge < -0.3 is 5.11 Å². The van der Waals surface area contributed by atoms with Crippen LogP contribution in [0.2, 0.25) is 0 Å². The molecule has 0 spiro atoms. The summed E-state index contributed by atoms with van der Waals surface area (Å²) in [5.41, 5.74) is 2.11. The van der Waals surface area contributed by atoms with Crippen molar-refractivity contribution in [3.63, 3.8) is 0 Å². The number of aryl methyl sites for hydroxylation is 1. The van der Waals surface area contributed by atoms with Crippen LogP contribution in [-0.2, 0) is 6.42 Å². The summed E-state index contributed by atoms with van der Waals surface area (Å²) in [4.78, 5) is 0. The van der Waals surface area contributed by atoms with Gasteiger partial charge >= 0.3 is 0 Å². The lowest BCUT2D eigenvalue weighted by molar-refractivity contribution is 0.0446. The molecular formula is C14H20O. The third-order valence-electron chi connectivity index (χ3n) is 3.45. The van der Waals surface area contributed by atoms with Crippen LogP contribution in [-0.4, -0.2) is 10.7 Å². The first-order valence-electron chi connectivity index (χ1n) is 5.85. The lowest BCUT2D eigenvalue weighted by Gasteiger charge is -2.22. The van der Waals surface area contributed by atoms with Crippen molar-refractivity contribution in [1.29, 1.82) is 0 Å². The van der Waals surface area contributed by atoms with Gasteiger partial charge in [0.05, 0.1) is 5.60 Å². The maximum Gasteiger partial charge on any atom is 0.0690 e. The first kappa shape index (κ1) is 10.7. The molecule has 0 aliphatic heterocycles. The van der Waals surface area contributed by atoms with Crippen molar-refractivity contribution in [3.05, 3.63) is 35.4 Å². The van der Waals surface area contributed by atoms with Crippen LogP contribution in [0.25, 0.3) is 0 Å². The fourth-order valence-electron chi connectivity index (χ4n) is 2.73. The molecule has 1 N–H and O–H groups in total. The number of benzene rings is 1. The molecule has 1 heteroatoms. The minimum atomic E-state index is -0.437. The van der Waals surface area contributed by atoms with Crippen LogP contribution in [0.4, 0.5) is 0 Å². The Balaban J connectivity index is 2.08. The number of hydrogen-bond acceptors (Lipinski definition) is 1. The molecule has 1 aromatic rings. The van der Waals surface area contributed by atoms with Gasteiger partial charge in [0.15, 0.2) is 0 Å². The number of rotatable bonds is 2. The van der Waals surface area contributed by atoms with E-state index in [-0.39, 0.29) is 0 Å². The zero-order chi connectivity index (χ0) is 10.9. The van der Waals surface area contributed by atoms with Crippen molar-refractivity contribution >= 4 is 0 Å². The Morgan fingerprint density at radius 2 is 2.27 bits per heavy atom. The molecule has 0 aromatic heterocycles. The van der Waals surface area contributed by atoms with Gasteiger partial charge in [-0.3, -0.25) is 0 Å². The molecule has 0 bridgehead atoms. The van der Waals surface area contributed by atoms with Crippen molar-refractivity contribution in [1.82, 2.24) is 0 Å². The van der Waals surface area contributed by atoms with Crippen LogP contribution in [0.1, 0.15) is 37.3 Å². The molecule has 2 atom stereocenters. The highest BCUT2D eigenvalue weighted by molar-refractivity contribution is 5.24. The lowest BCUT2D eigenvalue weighted by atomic mass is 9.91. The second kappa shape index (κ2) is 3.97. The standard InChI is InChI=1S/C14H20O/c1-11-4-3-5-13(8-11)10-14(15)7-6-12(2)9-14/h3-5,8,12,15H,6-7,9-10H2,1-2H3. The van der Waals surface area contributed by atoms with E-state index in [2.05, 4.69) is 38.1 Å². The summed E-state index contributed by atoms with van der Waals surface area (Å²) in [5.74, 6) is 0.680. The molecule has 15 heavy (non-hydrogen) atoms. The summed E-state index contributed by atoms with van der Waals surface area (Å²) in [6, 6.07) is 8.48. The van der Waals surface area contributed by atoms with Crippen molar-refractivity contribution < 1.29 is 5.11 Å². The molecule has 1 nitrogen and oxygen atoms in total. The maximum atomic E-state index is 10.4. The highest BCUT2D eigenvalue weighted by atomic mass is 16.3. The van der Waals surface area contributed by atoms with Crippen LogP contribution in [0.5, 0.6) is 0 Å². The average molecular weight is 204 g/mol. The van der Waals surface area contributed by atoms with Crippen molar-refractivity contribution in [2.24, 2.45) is 5.92 Å². The third kappa shape index (κ3) is 2.60. The molecular weight excluding hydrogens is 184 g/mol. The van der Waals surface area contributed by atoms with Gasteiger partial charge in [0, 0.05) is 6.42 Å². The predicted octanol–water partition coefficient (Wildman–Crippen LogP) is 3.09. The van der Waals surface area contributed by atoms with E-state index >= 15 is 0 Å². The van der Waals surface area contributed by atoms with Gasteiger partial charge in [0.2, 0.25) is 0 Å². The average Bonchev–Trinajstić information content (AvgIpc) is 2.45. The molecule has 1 aromatic carbocycles. The van der Waals surface area contributed by atoms with Gasteiger partial charge in [-0.25, -0.2) is 0 Å². The smallest absolute Gasteiger partial charge is 0.0690 e. The van der Waals surface area contributed by atoms with E-state index in [4.69, 9.17) is 0 Å². The highest BCUT2D eigenvalue weighted by Gasteiger charge is 2.35. The zero-order valence-electron chi connectivity index (χ0n) is 9.66. The Morgan fingerprint density at radius 3 is 2.87 bits per heavy atom. The van der Waals surface area contributed by atoms with Crippen molar-refractivity contribution in [3.8, 4) is 0 Å². The summed E-state index contributed by atoms with van der Waals surface area (Å²) < 4.78 is 0. The summed E-state index contributed by atoms with van der Waals surface area (Å²) >= 11 is 0. The quantitative estimate of drug-likeness (QED) is 0.785. The molecule has 1 fully saturated rings. The van der Waals surface area contributed by atoms with Crippen molar-refractivity contribution in [2.45, 2.75) is 45.1 Å². The van der Waals surface area contributed by atoms with Crippen LogP contribution in [0, 0.1) is 12.8 Å². The van der Waals surface area contributed by atoms with Gasteiger partial charge in [0.25, 0.3) is 0 Å². The van der Waals surface area contributed by atoms with Gasteiger partial charge in [0.1, 0.15) is 0 Å². The van der Waals surface area contributed by atoms with Crippen LogP contribution < -0.4 is 0 Å². The second-order valence-corrected chi connectivity index (χ2v) is 5.24. The Labute approximate surface area is 92.1 Å². The Morgan fingerprint density at radius 1 is 1.47 bits per heavy atom. The summed E-state index contributed by atoms with van der Waals surface area (Å²) in [6.07, 6.45) is 3.91. The van der Waals surface area contributed by atoms with Crippen LogP contribution in [0.3, 0.4) is 0 Å². The minimum absolute atomic E-state index is 0.437. The molecule has 2 unspecified atom stereocenters. The topological polar surface area (TPSA) is 20.2 Å². The van der Waals surface area contributed by atoms with Gasteiger partial charge in [-0.2, -0.15) is 0 Å². The summed E-state index contributed by atoms with van der Waals surface area (Å²) in [7, 11) is 0. The van der Waals surface area contributed by atoms with Crippen LogP contribution >= 0.6 is 0 Å². The summed E-state index contributed by atoms with van der Waals surface area (Å²) in [6.45, 7) is 4.33. The Bertz CT molecular complexity index is 345. The normalized spacial score (nSPS) is 30.7. The van der Waals surface area contributed by atoms with E-state index in [9.17, 15) is 5.11 Å². The fraction of sp³-hybridized carbons (Fsp3) is 0.571. The Hall–Kier alpha value is -0.820. The van der Waals surface area contributed by atoms with Crippen molar-refractivity contribution in [2.75, 3.05) is 0 Å². The third-order valence-corrected chi connectivity index (χ3v) is 3.45. The van der Waals surface area contributed by atoms with E-state index in [0.717, 1.165) is 19.3 Å². The van der Waals surface area contributed by atoms with E-state index in [0.29, 0.717) is 5.92 Å². The molecule has 0 radical (unpaired) electrons. The molecule has 0 saturated heterocycles. The SMILES string of the molecule is Cc1cccc(CC2(O)CCC(C)C2)c1.